The molecule has 2 saturated carbocycles. The lowest BCUT2D eigenvalue weighted by Gasteiger charge is -2.31. The number of aryl methyl sites for hydroxylation is 1. The van der Waals surface area contributed by atoms with E-state index in [4.69, 9.17) is 4.74 Å². The summed E-state index contributed by atoms with van der Waals surface area (Å²) in [6, 6.07) is 9.87. The summed E-state index contributed by atoms with van der Waals surface area (Å²) in [7, 11) is -3.88. The van der Waals surface area contributed by atoms with Gasteiger partial charge in [-0.25, -0.2) is 13.2 Å². The van der Waals surface area contributed by atoms with E-state index in [1.807, 2.05) is 60.9 Å². The summed E-state index contributed by atoms with van der Waals surface area (Å²) in [6.45, 7) is 2.80. The molecule has 5 heterocycles. The van der Waals surface area contributed by atoms with Crippen molar-refractivity contribution < 1.29 is 32.3 Å². The van der Waals surface area contributed by atoms with Crippen LogP contribution in [-0.4, -0.2) is 88.0 Å². The van der Waals surface area contributed by atoms with Gasteiger partial charge in [-0.2, -0.15) is 0 Å². The van der Waals surface area contributed by atoms with Crippen molar-refractivity contribution in [2.45, 2.75) is 112 Å². The number of rotatable bonds is 7. The Hall–Kier alpha value is -4.41. The minimum Gasteiger partial charge on any atom is -0.444 e. The Morgan fingerprint density at radius 1 is 1.05 bits per heavy atom. The third-order valence-corrected chi connectivity index (χ3v) is 14.2. The minimum absolute atomic E-state index is 0.0120. The predicted molar refractivity (Wildman–Crippen MR) is 206 cm³/mol. The number of hydrogen-bond acceptors (Lipinski definition) is 11. The van der Waals surface area contributed by atoms with Crippen LogP contribution < -0.4 is 20.7 Å². The highest BCUT2D eigenvalue weighted by Crippen LogP contribution is 2.46. The highest BCUT2D eigenvalue weighted by molar-refractivity contribution is 8.03. The lowest BCUT2D eigenvalue weighted by molar-refractivity contribution is -0.141. The summed E-state index contributed by atoms with van der Waals surface area (Å²) in [4.78, 5) is 63.9. The molecule has 1 aromatic heterocycles. The molecule has 6 aliphatic rings. The first-order chi connectivity index (χ1) is 26.5. The first-order valence-electron chi connectivity index (χ1n) is 19.2. The fourth-order valence-corrected chi connectivity index (χ4v) is 10.3. The zero-order chi connectivity index (χ0) is 38.3. The summed E-state index contributed by atoms with van der Waals surface area (Å²) < 4.78 is 34.0. The molecule has 16 heteroatoms. The third-order valence-electron chi connectivity index (χ3n) is 11.5. The molecule has 4 N–H and O–H groups in total. The Morgan fingerprint density at radius 3 is 2.69 bits per heavy atom. The van der Waals surface area contributed by atoms with Gasteiger partial charge in [0.05, 0.1) is 29.2 Å². The van der Waals surface area contributed by atoms with Crippen LogP contribution in [0.25, 0.3) is 5.70 Å². The molecule has 3 fully saturated rings. The van der Waals surface area contributed by atoms with Crippen LogP contribution in [0.3, 0.4) is 0 Å². The Labute approximate surface area is 325 Å². The number of pyridine rings is 1. The van der Waals surface area contributed by atoms with E-state index in [1.165, 1.54) is 16.7 Å². The summed E-state index contributed by atoms with van der Waals surface area (Å²) in [5, 5.41) is 11.1. The van der Waals surface area contributed by atoms with Gasteiger partial charge < -0.3 is 20.3 Å². The van der Waals surface area contributed by atoms with E-state index >= 15 is 0 Å². The molecule has 0 spiro atoms. The van der Waals surface area contributed by atoms with Crippen molar-refractivity contribution in [3.05, 3.63) is 82.5 Å². The molecule has 0 radical (unpaired) electrons. The molecule has 1 aromatic carbocycles. The number of hydrogen-bond donors (Lipinski definition) is 4. The highest BCUT2D eigenvalue weighted by Gasteiger charge is 2.62. The van der Waals surface area contributed by atoms with Gasteiger partial charge in [-0.1, -0.05) is 61.0 Å². The topological polar surface area (TPSA) is 179 Å². The fourth-order valence-electron chi connectivity index (χ4n) is 8.07. The maximum atomic E-state index is 14.7. The number of ether oxygens (including phenoxy) is 1. The van der Waals surface area contributed by atoms with Gasteiger partial charge in [-0.3, -0.25) is 34.3 Å². The number of thioether (sulfide) groups is 1. The number of sulfonamides is 1. The van der Waals surface area contributed by atoms with E-state index in [2.05, 4.69) is 25.7 Å². The van der Waals surface area contributed by atoms with Crippen molar-refractivity contribution in [2.75, 3.05) is 6.54 Å². The summed E-state index contributed by atoms with van der Waals surface area (Å²) >= 11 is 1.49. The smallest absolute Gasteiger partial charge is 0.410 e. The molecule has 55 heavy (non-hydrogen) atoms. The second-order valence-corrected chi connectivity index (χ2v) is 18.4. The van der Waals surface area contributed by atoms with E-state index in [-0.39, 0.29) is 30.8 Å². The van der Waals surface area contributed by atoms with E-state index in [1.54, 1.807) is 11.1 Å². The van der Waals surface area contributed by atoms with Gasteiger partial charge in [0.25, 0.3) is 5.91 Å². The molecular weight excluding hydrogens is 743 g/mol. The molecule has 1 saturated heterocycles. The van der Waals surface area contributed by atoms with E-state index < -0.39 is 62.8 Å². The lowest BCUT2D eigenvalue weighted by Crippen LogP contribution is -2.58. The third kappa shape index (κ3) is 7.99. The number of carbonyl (C=O) groups excluding carboxylic acids is 4. The lowest BCUT2D eigenvalue weighted by atomic mass is 10.0. The zero-order valence-electron chi connectivity index (χ0n) is 30.7. The molecular formula is C39H47N7O7S2. The van der Waals surface area contributed by atoms with Gasteiger partial charge in [0, 0.05) is 31.6 Å². The summed E-state index contributed by atoms with van der Waals surface area (Å²) in [5.41, 5.74) is 3.02. The molecule has 2 aliphatic carbocycles. The van der Waals surface area contributed by atoms with Crippen LogP contribution >= 0.6 is 11.8 Å². The molecule has 2 aromatic rings. The van der Waals surface area contributed by atoms with Gasteiger partial charge in [0.1, 0.15) is 23.2 Å². The van der Waals surface area contributed by atoms with E-state index in [0.717, 1.165) is 53.8 Å². The van der Waals surface area contributed by atoms with Crippen LogP contribution in [0, 0.1) is 12.8 Å². The van der Waals surface area contributed by atoms with Crippen LogP contribution in [0.2, 0.25) is 0 Å². The standard InChI is InChI=1S/C39H47N7O7S2/c1-24-10-9-11-25-20-45(22-29(24)25)38(50)53-27-18-33-34(47)43-39(36(49)44-55(51,52)28-15-16-28)19-26(39)12-5-3-2-4-6-14-31(35(48)46(33)21-27)41-37-42-32(23-54-37)30-13-7-8-17-40-30/h5,7-13,17,23,26-28,31,33,37,41-42H,2-4,6,14-16,18-22H2,1H3,(H,43,47)(H,44,49)/b12-5-/t26-,27-,31+,33+,37?,39-/m1/s1. The maximum Gasteiger partial charge on any atom is 0.410 e. The van der Waals surface area contributed by atoms with Crippen LogP contribution in [0.5, 0.6) is 0 Å². The number of nitrogens with zero attached hydrogens (tertiary/aromatic N) is 3. The number of benzene rings is 1. The zero-order valence-corrected chi connectivity index (χ0v) is 32.4. The Bertz CT molecular complexity index is 2020. The van der Waals surface area contributed by atoms with Gasteiger partial charge in [0.2, 0.25) is 21.8 Å². The average molecular weight is 790 g/mol. The minimum atomic E-state index is -3.88. The molecule has 0 bridgehead atoms. The maximum absolute atomic E-state index is 14.7. The number of aromatic nitrogens is 1. The number of allylic oxidation sites excluding steroid dienone is 1. The summed E-state index contributed by atoms with van der Waals surface area (Å²) in [5.74, 6) is -2.08. The van der Waals surface area contributed by atoms with Crippen molar-refractivity contribution in [3.8, 4) is 0 Å². The molecule has 4 aliphatic heterocycles. The first kappa shape index (κ1) is 37.5. The van der Waals surface area contributed by atoms with Crippen LogP contribution in [0.1, 0.15) is 80.2 Å². The number of fused-ring (bicyclic) bond motifs is 3. The van der Waals surface area contributed by atoms with Gasteiger partial charge in [-0.15, -0.1) is 0 Å². The van der Waals surface area contributed by atoms with Crippen molar-refractivity contribution in [1.29, 1.82) is 0 Å². The van der Waals surface area contributed by atoms with E-state index in [0.29, 0.717) is 32.4 Å². The van der Waals surface area contributed by atoms with Gasteiger partial charge >= 0.3 is 6.09 Å². The number of carbonyl (C=O) groups is 4. The van der Waals surface area contributed by atoms with Crippen LogP contribution in [-0.2, 0) is 42.2 Å². The fraction of sp³-hybridized carbons (Fsp3) is 0.513. The molecule has 4 amide bonds. The van der Waals surface area contributed by atoms with Crippen LogP contribution in [0.4, 0.5) is 4.79 Å². The predicted octanol–water partition coefficient (Wildman–Crippen LogP) is 3.39. The average Bonchev–Trinajstić information content (AvgIpc) is 3.97. The highest BCUT2D eigenvalue weighted by atomic mass is 32.2. The molecule has 8 rings (SSSR count). The van der Waals surface area contributed by atoms with Crippen molar-refractivity contribution in [1.82, 2.24) is 35.5 Å². The number of amides is 4. The van der Waals surface area contributed by atoms with Crippen molar-refractivity contribution >= 4 is 51.3 Å². The molecule has 1 unspecified atom stereocenters. The largest absolute Gasteiger partial charge is 0.444 e. The monoisotopic (exact) mass is 789 g/mol. The van der Waals surface area contributed by atoms with E-state index in [9.17, 15) is 27.6 Å². The first-order valence-corrected chi connectivity index (χ1v) is 21.7. The second kappa shape index (κ2) is 15.3. The van der Waals surface area contributed by atoms with Crippen LogP contribution in [0.15, 0.2) is 60.2 Å². The SMILES string of the molecule is Cc1cccc2c1CN(C(=O)O[C@@H]1C[C@H]3C(=O)N[C@]4(C(=O)NS(=O)(=O)C5CC5)C[C@H]4/C=C\CCCCC[C@H](NC4NC(c5ccccn5)=CS4)C(=O)N3C1)C2. The second-order valence-electron chi connectivity index (χ2n) is 15.5. The Balaban J connectivity index is 1.03. The van der Waals surface area contributed by atoms with Gasteiger partial charge in [-0.05, 0) is 79.7 Å². The molecule has 292 valence electrons. The molecule has 14 nitrogen and oxygen atoms in total. The normalized spacial score (nSPS) is 30.1. The van der Waals surface area contributed by atoms with Crippen molar-refractivity contribution in [3.63, 3.8) is 0 Å². The Morgan fingerprint density at radius 2 is 1.91 bits per heavy atom. The Kier molecular flexibility index (Phi) is 10.4. The summed E-state index contributed by atoms with van der Waals surface area (Å²) in [6.07, 6.45) is 9.22. The van der Waals surface area contributed by atoms with Crippen molar-refractivity contribution in [2.24, 2.45) is 5.92 Å². The van der Waals surface area contributed by atoms with Gasteiger partial charge in [0.15, 0.2) is 0 Å². The number of nitrogens with one attached hydrogen (secondary N) is 4. The quantitative estimate of drug-likeness (QED) is 0.303. The molecule has 6 atom stereocenters.